The van der Waals surface area contributed by atoms with E-state index in [0.717, 1.165) is 0 Å². The van der Waals surface area contributed by atoms with E-state index in [9.17, 15) is 19.7 Å². The number of rotatable bonds is 4. The van der Waals surface area contributed by atoms with Crippen LogP contribution in [0.1, 0.15) is 12.6 Å². The van der Waals surface area contributed by atoms with E-state index in [1.54, 1.807) is 0 Å². The van der Waals surface area contributed by atoms with Gasteiger partial charge < -0.3 is 35.0 Å². The van der Waals surface area contributed by atoms with Gasteiger partial charge in [-0.2, -0.15) is 4.98 Å². The largest absolute Gasteiger partial charge is 0.857 e. The molecule has 0 aliphatic carbocycles. The van der Waals surface area contributed by atoms with Crippen LogP contribution in [-0.2, 0) is 13.8 Å². The number of nitrogens with two attached hydrogens (primary N) is 1. The maximum absolute atomic E-state index is 11.7. The summed E-state index contributed by atoms with van der Waals surface area (Å²) in [6, 6.07) is 0. The first-order valence-electron chi connectivity index (χ1n) is 6.43. The number of ether oxygens (including phenoxy) is 1. The summed E-state index contributed by atoms with van der Waals surface area (Å²) in [5, 5.41) is 21.6. The molecule has 1 saturated heterocycles. The van der Waals surface area contributed by atoms with Crippen molar-refractivity contribution in [2.24, 2.45) is 0 Å². The fourth-order valence-corrected chi connectivity index (χ4v) is 2.66. The van der Waals surface area contributed by atoms with Crippen LogP contribution in [0, 0.1) is 0 Å². The molecular formula is C10H12N5O7P-2. The van der Waals surface area contributed by atoms with Gasteiger partial charge in [-0.3, -0.25) is 9.13 Å². The summed E-state index contributed by atoms with van der Waals surface area (Å²) in [6.45, 7) is -0.550. The third-order valence-electron chi connectivity index (χ3n) is 3.32. The lowest BCUT2D eigenvalue weighted by molar-refractivity contribution is -0.272. The first-order chi connectivity index (χ1) is 10.7. The quantitative estimate of drug-likeness (QED) is 0.500. The molecular weight excluding hydrogens is 333 g/mol. The number of hydrogen-bond donors (Lipinski definition) is 3. The van der Waals surface area contributed by atoms with Gasteiger partial charge in [-0.1, -0.05) is 0 Å². The zero-order chi connectivity index (χ0) is 16.8. The Labute approximate surface area is 128 Å². The summed E-state index contributed by atoms with van der Waals surface area (Å²) < 4.78 is 21.7. The van der Waals surface area contributed by atoms with E-state index in [0.29, 0.717) is 0 Å². The molecule has 3 rings (SSSR count). The van der Waals surface area contributed by atoms with Crippen LogP contribution in [0.5, 0.6) is 5.88 Å². The monoisotopic (exact) mass is 345 g/mol. The number of imidazole rings is 1. The number of aromatic nitrogens is 4. The van der Waals surface area contributed by atoms with Gasteiger partial charge in [-0.15, -0.1) is 0 Å². The zero-order valence-electron chi connectivity index (χ0n) is 11.5. The smallest absolute Gasteiger partial charge is 0.265 e. The molecule has 0 spiro atoms. The number of hydrogen-bond acceptors (Lipinski definition) is 10. The normalized spacial score (nSPS) is 27.3. The summed E-state index contributed by atoms with van der Waals surface area (Å²) >= 11 is 0. The summed E-state index contributed by atoms with van der Waals surface area (Å²) in [7, 11) is -4.92. The van der Waals surface area contributed by atoms with Crippen LogP contribution in [-0.4, -0.2) is 48.3 Å². The Balaban J connectivity index is 1.82. The highest BCUT2D eigenvalue weighted by Gasteiger charge is 2.36. The number of anilines is 1. The van der Waals surface area contributed by atoms with Crippen LogP contribution in [0.3, 0.4) is 0 Å². The Morgan fingerprint density at radius 1 is 1.57 bits per heavy atom. The zero-order valence-corrected chi connectivity index (χ0v) is 12.4. The van der Waals surface area contributed by atoms with Crippen molar-refractivity contribution in [2.75, 3.05) is 12.3 Å². The molecule has 0 aromatic carbocycles. The van der Waals surface area contributed by atoms with Crippen molar-refractivity contribution >= 4 is 24.9 Å². The van der Waals surface area contributed by atoms with E-state index >= 15 is 0 Å². The molecule has 1 aliphatic rings. The molecule has 13 heteroatoms. The lowest BCUT2D eigenvalue weighted by Crippen LogP contribution is -2.26. The van der Waals surface area contributed by atoms with Crippen LogP contribution >= 0.6 is 7.82 Å². The van der Waals surface area contributed by atoms with Crippen LogP contribution in [0.15, 0.2) is 6.33 Å². The number of phosphoric ester groups is 1. The predicted molar refractivity (Wildman–Crippen MR) is 69.5 cm³/mol. The van der Waals surface area contributed by atoms with Crippen molar-refractivity contribution in [3.05, 3.63) is 6.33 Å². The molecule has 4 atom stereocenters. The molecule has 12 nitrogen and oxygen atoms in total. The molecule has 1 fully saturated rings. The minimum atomic E-state index is -4.92. The highest BCUT2D eigenvalue weighted by molar-refractivity contribution is 7.44. The maximum Gasteiger partial charge on any atom is 0.265 e. The number of aliphatic hydroxyl groups is 1. The topological polar surface area (TPSA) is 192 Å². The highest BCUT2D eigenvalue weighted by Crippen LogP contribution is 2.35. The molecule has 4 N–H and O–H groups in total. The number of fused-ring (bicyclic) bond motifs is 1. The second kappa shape index (κ2) is 5.67. The first kappa shape index (κ1) is 16.1. The van der Waals surface area contributed by atoms with Crippen molar-refractivity contribution in [1.29, 1.82) is 0 Å². The molecule has 0 saturated carbocycles. The standard InChI is InChI=1S/C10H14N5O7P/c11-10-13-8-7(9(17)14-10)12-3-15(8)6-1-4(16)5(22-6)2-21-23(18,19)20/h3-6,16H,1-2H2,(H2,18,19,20)(H3,11,13,14,17)/p-2/t4-,5+,6+/m0/s1. The minimum Gasteiger partial charge on any atom is -0.857 e. The van der Waals surface area contributed by atoms with Crippen molar-refractivity contribution in [3.63, 3.8) is 0 Å². The molecule has 1 aliphatic heterocycles. The molecule has 126 valence electrons. The summed E-state index contributed by atoms with van der Waals surface area (Å²) in [5.74, 6) is -0.868. The summed E-state index contributed by atoms with van der Waals surface area (Å²) in [6.07, 6.45) is -1.44. The molecule has 2 aromatic rings. The van der Waals surface area contributed by atoms with Gasteiger partial charge in [0.1, 0.15) is 17.8 Å². The van der Waals surface area contributed by atoms with Crippen LogP contribution in [0.25, 0.3) is 11.2 Å². The first-order valence-corrected chi connectivity index (χ1v) is 7.93. The fourth-order valence-electron chi connectivity index (χ4n) is 2.32. The molecule has 1 unspecified atom stereocenters. The Morgan fingerprint density at radius 2 is 2.30 bits per heavy atom. The van der Waals surface area contributed by atoms with Gasteiger partial charge in [-0.05, 0) is 0 Å². The fraction of sp³-hybridized carbons (Fsp3) is 0.500. The second-order valence-electron chi connectivity index (χ2n) is 4.91. The Morgan fingerprint density at radius 3 is 3.00 bits per heavy atom. The van der Waals surface area contributed by atoms with E-state index in [2.05, 4.69) is 19.5 Å². The molecule has 23 heavy (non-hydrogen) atoms. The summed E-state index contributed by atoms with van der Waals surface area (Å²) in [5.41, 5.74) is 5.57. The average molecular weight is 345 g/mol. The Hall–Kier alpha value is -1.82. The Kier molecular flexibility index (Phi) is 3.96. The molecule has 3 heterocycles. The lowest BCUT2D eigenvalue weighted by Gasteiger charge is -2.20. The maximum atomic E-state index is 11.7. The van der Waals surface area contributed by atoms with Crippen LogP contribution in [0.2, 0.25) is 0 Å². The van der Waals surface area contributed by atoms with Gasteiger partial charge in [-0.25, -0.2) is 9.97 Å². The highest BCUT2D eigenvalue weighted by atomic mass is 31.2. The second-order valence-corrected chi connectivity index (χ2v) is 6.10. The van der Waals surface area contributed by atoms with Crippen LogP contribution in [0.4, 0.5) is 5.95 Å². The average Bonchev–Trinajstić information content (AvgIpc) is 2.99. The number of aliphatic hydroxyl groups excluding tert-OH is 1. The third kappa shape index (κ3) is 3.27. The number of nitrogens with zero attached hydrogens (tertiary/aromatic N) is 4. The van der Waals surface area contributed by atoms with Gasteiger partial charge in [0.25, 0.3) is 7.82 Å². The van der Waals surface area contributed by atoms with Gasteiger partial charge in [0.05, 0.1) is 19.0 Å². The van der Waals surface area contributed by atoms with E-state index in [4.69, 9.17) is 15.4 Å². The van der Waals surface area contributed by atoms with Gasteiger partial charge in [0.2, 0.25) is 5.95 Å². The van der Waals surface area contributed by atoms with Gasteiger partial charge >= 0.3 is 0 Å². The lowest BCUT2D eigenvalue weighted by atomic mass is 10.2. The molecule has 0 bridgehead atoms. The van der Waals surface area contributed by atoms with Crippen molar-refractivity contribution in [3.8, 4) is 5.88 Å². The van der Waals surface area contributed by atoms with E-state index in [1.165, 1.54) is 10.9 Å². The summed E-state index contributed by atoms with van der Waals surface area (Å²) in [4.78, 5) is 30.4. The van der Waals surface area contributed by atoms with E-state index < -0.39 is 38.7 Å². The number of nitrogen functional groups attached to an aromatic ring is 1. The van der Waals surface area contributed by atoms with Crippen molar-refractivity contribution in [2.45, 2.75) is 24.9 Å². The predicted octanol–water partition coefficient (Wildman–Crippen LogP) is -2.39. The van der Waals surface area contributed by atoms with Gasteiger partial charge in [0, 0.05) is 12.3 Å². The number of phosphoric acid groups is 1. The van der Waals surface area contributed by atoms with Crippen molar-refractivity contribution in [1.82, 2.24) is 19.5 Å². The molecule has 2 aromatic heterocycles. The van der Waals surface area contributed by atoms with Crippen molar-refractivity contribution < 1.29 is 33.8 Å². The minimum absolute atomic E-state index is 0.00333. The molecule has 0 radical (unpaired) electrons. The van der Waals surface area contributed by atoms with E-state index in [1.807, 2.05) is 0 Å². The van der Waals surface area contributed by atoms with Crippen LogP contribution < -0.4 is 15.7 Å². The Bertz CT molecular complexity index is 776. The van der Waals surface area contributed by atoms with Gasteiger partial charge in [0.15, 0.2) is 5.65 Å². The third-order valence-corrected chi connectivity index (χ3v) is 3.80. The SMILES string of the molecule is Nc1nc([O-])c2ncn([C@H]3C[C@H](O)[C@@H](COP(=O)([O-])O)O3)c2n1. The van der Waals surface area contributed by atoms with E-state index in [-0.39, 0.29) is 23.5 Å². The molecule has 0 amide bonds.